The Bertz CT molecular complexity index is 322. The lowest BCUT2D eigenvalue weighted by atomic mass is 9.84. The highest BCUT2D eigenvalue weighted by atomic mass is 32.2. The first kappa shape index (κ1) is 19.1. The Balaban J connectivity index is 4.03. The number of carbonyl (C=O) groups excluding carboxylic acids is 1. The van der Waals surface area contributed by atoms with E-state index in [4.69, 9.17) is 5.11 Å². The van der Waals surface area contributed by atoms with Gasteiger partial charge in [0.15, 0.2) is 0 Å². The Morgan fingerprint density at radius 1 is 1.35 bits per heavy atom. The lowest BCUT2D eigenvalue weighted by Crippen LogP contribution is -2.44. The number of carboxylic acids is 1. The molecule has 6 heteroatoms. The van der Waals surface area contributed by atoms with Crippen LogP contribution >= 0.6 is 11.8 Å². The maximum Gasteiger partial charge on any atom is 0.317 e. The maximum absolute atomic E-state index is 11.9. The standard InChI is InChI=1S/C14H28N2O3S/c1-11(10-20-5)16(4)13(19)15-9-8-14(2,3)7-6-12(17)18/h11H,6-10H2,1-5H3,(H,15,19)(H,17,18). The predicted molar refractivity (Wildman–Crippen MR) is 84.3 cm³/mol. The highest BCUT2D eigenvalue weighted by Gasteiger charge is 2.20. The molecule has 0 aromatic heterocycles. The van der Waals surface area contributed by atoms with Crippen LogP contribution in [0.3, 0.4) is 0 Å². The first-order valence-electron chi connectivity index (χ1n) is 6.91. The van der Waals surface area contributed by atoms with Gasteiger partial charge in [0.2, 0.25) is 0 Å². The molecular weight excluding hydrogens is 276 g/mol. The largest absolute Gasteiger partial charge is 0.481 e. The zero-order valence-electron chi connectivity index (χ0n) is 13.2. The number of amides is 2. The van der Waals surface area contributed by atoms with E-state index >= 15 is 0 Å². The molecule has 1 atom stereocenters. The van der Waals surface area contributed by atoms with Gasteiger partial charge in [-0.25, -0.2) is 4.79 Å². The molecule has 0 heterocycles. The zero-order chi connectivity index (χ0) is 15.8. The van der Waals surface area contributed by atoms with E-state index in [-0.39, 0.29) is 23.9 Å². The van der Waals surface area contributed by atoms with E-state index in [9.17, 15) is 9.59 Å². The van der Waals surface area contributed by atoms with E-state index in [1.165, 1.54) is 0 Å². The highest BCUT2D eigenvalue weighted by molar-refractivity contribution is 7.98. The van der Waals surface area contributed by atoms with Crippen LogP contribution in [0.4, 0.5) is 4.79 Å². The molecule has 118 valence electrons. The number of rotatable bonds is 9. The molecule has 20 heavy (non-hydrogen) atoms. The van der Waals surface area contributed by atoms with E-state index in [2.05, 4.69) is 5.32 Å². The minimum atomic E-state index is -0.771. The van der Waals surface area contributed by atoms with Crippen molar-refractivity contribution in [2.75, 3.05) is 25.6 Å². The first-order chi connectivity index (χ1) is 9.19. The van der Waals surface area contributed by atoms with Crippen molar-refractivity contribution in [1.29, 1.82) is 0 Å². The van der Waals surface area contributed by atoms with Crippen LogP contribution in [-0.4, -0.2) is 53.6 Å². The van der Waals surface area contributed by atoms with Crippen molar-refractivity contribution < 1.29 is 14.7 Å². The number of urea groups is 1. The van der Waals surface area contributed by atoms with Crippen LogP contribution in [0, 0.1) is 5.41 Å². The highest BCUT2D eigenvalue weighted by Crippen LogP contribution is 2.26. The number of aliphatic carboxylic acids is 1. The summed E-state index contributed by atoms with van der Waals surface area (Å²) in [5.41, 5.74) is -0.0743. The second kappa shape index (κ2) is 9.10. The number of nitrogens with zero attached hydrogens (tertiary/aromatic N) is 1. The quantitative estimate of drug-likeness (QED) is 0.687. The number of hydrogen-bond acceptors (Lipinski definition) is 3. The number of carboxylic acid groups (broad SMARTS) is 1. The van der Waals surface area contributed by atoms with Gasteiger partial charge in [-0.2, -0.15) is 11.8 Å². The van der Waals surface area contributed by atoms with Gasteiger partial charge in [0, 0.05) is 31.8 Å². The van der Waals surface area contributed by atoms with Gasteiger partial charge in [0.25, 0.3) is 0 Å². The molecule has 0 aromatic rings. The molecule has 0 rings (SSSR count). The van der Waals surface area contributed by atoms with Crippen molar-refractivity contribution in [3.63, 3.8) is 0 Å². The zero-order valence-corrected chi connectivity index (χ0v) is 14.0. The smallest absolute Gasteiger partial charge is 0.317 e. The van der Waals surface area contributed by atoms with E-state index in [0.717, 1.165) is 12.2 Å². The molecule has 0 aromatic carbocycles. The van der Waals surface area contributed by atoms with E-state index in [1.807, 2.05) is 27.0 Å². The predicted octanol–water partition coefficient (Wildman–Crippen LogP) is 2.66. The SMILES string of the molecule is CSCC(C)N(C)C(=O)NCCC(C)(C)CCC(=O)O. The summed E-state index contributed by atoms with van der Waals surface area (Å²) in [4.78, 5) is 24.2. The lowest BCUT2D eigenvalue weighted by molar-refractivity contribution is -0.137. The Labute approximate surface area is 126 Å². The molecule has 0 fully saturated rings. The summed E-state index contributed by atoms with van der Waals surface area (Å²) in [6, 6.07) is 0.130. The molecule has 0 bridgehead atoms. The second-order valence-corrected chi connectivity index (χ2v) is 6.87. The Morgan fingerprint density at radius 2 is 1.95 bits per heavy atom. The van der Waals surface area contributed by atoms with Crippen LogP contribution in [0.25, 0.3) is 0 Å². The molecular formula is C14H28N2O3S. The Kier molecular flexibility index (Phi) is 8.69. The van der Waals surface area contributed by atoms with Crippen molar-refractivity contribution in [1.82, 2.24) is 10.2 Å². The second-order valence-electron chi connectivity index (χ2n) is 5.96. The van der Waals surface area contributed by atoms with Crippen molar-refractivity contribution in [2.24, 2.45) is 5.41 Å². The number of thioether (sulfide) groups is 1. The van der Waals surface area contributed by atoms with Gasteiger partial charge in [-0.1, -0.05) is 13.8 Å². The molecule has 0 aliphatic rings. The molecule has 2 N–H and O–H groups in total. The number of carbonyl (C=O) groups is 2. The van der Waals surface area contributed by atoms with E-state index in [1.54, 1.807) is 23.7 Å². The van der Waals surface area contributed by atoms with E-state index in [0.29, 0.717) is 13.0 Å². The summed E-state index contributed by atoms with van der Waals surface area (Å²) in [6.07, 6.45) is 3.59. The summed E-state index contributed by atoms with van der Waals surface area (Å²) in [7, 11) is 1.80. The average molecular weight is 304 g/mol. The fourth-order valence-electron chi connectivity index (χ4n) is 1.76. The third kappa shape index (κ3) is 8.30. The molecule has 0 saturated carbocycles. The molecule has 2 amide bonds. The summed E-state index contributed by atoms with van der Waals surface area (Å²) in [5, 5.41) is 11.6. The summed E-state index contributed by atoms with van der Waals surface area (Å²) in [5.74, 6) is 0.140. The van der Waals surface area contributed by atoms with Crippen LogP contribution in [-0.2, 0) is 4.79 Å². The summed E-state index contributed by atoms with van der Waals surface area (Å²) >= 11 is 1.72. The third-order valence-corrected chi connectivity index (χ3v) is 4.30. The van der Waals surface area contributed by atoms with Crippen molar-refractivity contribution in [3.8, 4) is 0 Å². The molecule has 1 unspecified atom stereocenters. The normalized spacial score (nSPS) is 12.8. The molecule has 0 saturated heterocycles. The minimum Gasteiger partial charge on any atom is -0.481 e. The first-order valence-corrected chi connectivity index (χ1v) is 8.30. The van der Waals surface area contributed by atoms with Crippen LogP contribution in [0.1, 0.15) is 40.0 Å². The Hall–Kier alpha value is -0.910. The van der Waals surface area contributed by atoms with E-state index < -0.39 is 5.97 Å². The number of nitrogens with one attached hydrogen (secondary N) is 1. The molecule has 0 aliphatic carbocycles. The van der Waals surface area contributed by atoms with Crippen molar-refractivity contribution in [2.45, 2.75) is 46.1 Å². The van der Waals surface area contributed by atoms with Crippen molar-refractivity contribution >= 4 is 23.8 Å². The molecule has 0 spiro atoms. The van der Waals surface area contributed by atoms with Gasteiger partial charge < -0.3 is 15.3 Å². The Morgan fingerprint density at radius 3 is 2.45 bits per heavy atom. The van der Waals surface area contributed by atoms with Gasteiger partial charge >= 0.3 is 12.0 Å². The fourth-order valence-corrected chi connectivity index (χ4v) is 2.46. The summed E-state index contributed by atoms with van der Waals surface area (Å²) in [6.45, 7) is 6.65. The van der Waals surface area contributed by atoms with Crippen molar-refractivity contribution in [3.05, 3.63) is 0 Å². The number of hydrogen-bond donors (Lipinski definition) is 2. The van der Waals surface area contributed by atoms with Crippen LogP contribution in [0.15, 0.2) is 0 Å². The summed E-state index contributed by atoms with van der Waals surface area (Å²) < 4.78 is 0. The average Bonchev–Trinajstić information content (AvgIpc) is 2.35. The van der Waals surface area contributed by atoms with Crippen LogP contribution in [0.5, 0.6) is 0 Å². The maximum atomic E-state index is 11.9. The van der Waals surface area contributed by atoms with Gasteiger partial charge in [0.05, 0.1) is 0 Å². The molecule has 0 aliphatic heterocycles. The fraction of sp³-hybridized carbons (Fsp3) is 0.857. The lowest BCUT2D eigenvalue weighted by Gasteiger charge is -2.27. The van der Waals surface area contributed by atoms with Gasteiger partial charge in [-0.15, -0.1) is 0 Å². The van der Waals surface area contributed by atoms with Crippen LogP contribution in [0.2, 0.25) is 0 Å². The van der Waals surface area contributed by atoms with Gasteiger partial charge in [-0.3, -0.25) is 4.79 Å². The third-order valence-electron chi connectivity index (χ3n) is 3.48. The molecule has 0 radical (unpaired) electrons. The topological polar surface area (TPSA) is 69.6 Å². The molecule has 5 nitrogen and oxygen atoms in total. The monoisotopic (exact) mass is 304 g/mol. The van der Waals surface area contributed by atoms with Crippen LogP contribution < -0.4 is 5.32 Å². The minimum absolute atomic E-state index is 0.0689. The van der Waals surface area contributed by atoms with Gasteiger partial charge in [-0.05, 0) is 31.4 Å². The van der Waals surface area contributed by atoms with Gasteiger partial charge in [0.1, 0.15) is 0 Å².